The summed E-state index contributed by atoms with van der Waals surface area (Å²) in [5.41, 5.74) is 2.11. The van der Waals surface area contributed by atoms with Crippen LogP contribution in [-0.4, -0.2) is 58.4 Å². The van der Waals surface area contributed by atoms with Crippen molar-refractivity contribution in [1.29, 1.82) is 0 Å². The molecule has 6 nitrogen and oxygen atoms in total. The molecular weight excluding hydrogens is 316 g/mol. The number of methoxy groups -OCH3 is 1. The predicted molar refractivity (Wildman–Crippen MR) is 85.5 cm³/mol. The smallest absolute Gasteiger partial charge is 0.339 e. The molecule has 7 heteroatoms. The van der Waals surface area contributed by atoms with E-state index in [9.17, 15) is 14.4 Å². The van der Waals surface area contributed by atoms with E-state index in [0.717, 1.165) is 11.1 Å². The Morgan fingerprint density at radius 3 is 2.87 bits per heavy atom. The second-order valence-electron chi connectivity index (χ2n) is 5.71. The second kappa shape index (κ2) is 6.23. The number of piperazine rings is 1. The van der Waals surface area contributed by atoms with E-state index in [4.69, 9.17) is 4.74 Å². The van der Waals surface area contributed by atoms with Gasteiger partial charge in [-0.05, 0) is 12.5 Å². The molecule has 0 aliphatic carbocycles. The summed E-state index contributed by atoms with van der Waals surface area (Å²) in [6, 6.07) is 7.30. The van der Waals surface area contributed by atoms with E-state index in [2.05, 4.69) is 0 Å². The summed E-state index contributed by atoms with van der Waals surface area (Å²) in [5.74, 6) is -0.368. The number of carbonyl (C=O) groups is 3. The molecule has 0 aromatic heterocycles. The SMILES string of the molecule is COC(=O)[C@@H]1SC[C@@H]2C(=O)N(Cc3cccc(C)c3)CC(=O)N21. The Bertz CT molecular complexity index is 663. The molecule has 0 unspecified atom stereocenters. The van der Waals surface area contributed by atoms with E-state index in [1.165, 1.54) is 23.8 Å². The Kier molecular flexibility index (Phi) is 4.30. The van der Waals surface area contributed by atoms with Crippen molar-refractivity contribution in [2.75, 3.05) is 19.4 Å². The average Bonchev–Trinajstić information content (AvgIpc) is 2.97. The van der Waals surface area contributed by atoms with Crippen LogP contribution in [0.3, 0.4) is 0 Å². The zero-order chi connectivity index (χ0) is 16.6. The first-order valence-corrected chi connectivity index (χ1v) is 8.41. The molecular formula is C16H18N2O4S. The summed E-state index contributed by atoms with van der Waals surface area (Å²) in [7, 11) is 1.29. The third-order valence-corrected chi connectivity index (χ3v) is 5.31. The Labute approximate surface area is 138 Å². The summed E-state index contributed by atoms with van der Waals surface area (Å²) in [4.78, 5) is 39.8. The van der Waals surface area contributed by atoms with Gasteiger partial charge in [-0.1, -0.05) is 29.8 Å². The van der Waals surface area contributed by atoms with Gasteiger partial charge in [0, 0.05) is 12.3 Å². The first kappa shape index (κ1) is 15.9. The van der Waals surface area contributed by atoms with Gasteiger partial charge in [0.2, 0.25) is 11.8 Å². The molecule has 122 valence electrons. The van der Waals surface area contributed by atoms with E-state index in [1.54, 1.807) is 4.90 Å². The van der Waals surface area contributed by atoms with Gasteiger partial charge in [0.25, 0.3) is 0 Å². The number of hydrogen-bond donors (Lipinski definition) is 0. The lowest BCUT2D eigenvalue weighted by molar-refractivity contribution is -0.160. The molecule has 0 saturated carbocycles. The monoisotopic (exact) mass is 334 g/mol. The van der Waals surface area contributed by atoms with E-state index >= 15 is 0 Å². The number of aryl methyl sites for hydroxylation is 1. The van der Waals surface area contributed by atoms with Gasteiger partial charge in [-0.15, -0.1) is 11.8 Å². The fourth-order valence-electron chi connectivity index (χ4n) is 2.98. The maximum Gasteiger partial charge on any atom is 0.339 e. The van der Waals surface area contributed by atoms with Crippen LogP contribution in [0.4, 0.5) is 0 Å². The van der Waals surface area contributed by atoms with Gasteiger partial charge in [-0.3, -0.25) is 9.59 Å². The first-order chi connectivity index (χ1) is 11.0. The number of rotatable bonds is 3. The zero-order valence-corrected chi connectivity index (χ0v) is 13.8. The molecule has 2 fully saturated rings. The topological polar surface area (TPSA) is 66.9 Å². The number of ether oxygens (including phenoxy) is 1. The van der Waals surface area contributed by atoms with Gasteiger partial charge in [0.05, 0.1) is 7.11 Å². The highest BCUT2D eigenvalue weighted by molar-refractivity contribution is 8.00. The molecule has 0 bridgehead atoms. The molecule has 0 radical (unpaired) electrons. The summed E-state index contributed by atoms with van der Waals surface area (Å²) in [6.07, 6.45) is 0. The lowest BCUT2D eigenvalue weighted by Gasteiger charge is -2.37. The Morgan fingerprint density at radius 2 is 2.17 bits per heavy atom. The van der Waals surface area contributed by atoms with Crippen molar-refractivity contribution in [3.8, 4) is 0 Å². The number of amides is 2. The molecule has 1 aromatic rings. The van der Waals surface area contributed by atoms with Crippen LogP contribution in [0.2, 0.25) is 0 Å². The van der Waals surface area contributed by atoms with Crippen LogP contribution in [0.25, 0.3) is 0 Å². The maximum atomic E-state index is 12.7. The van der Waals surface area contributed by atoms with Crippen LogP contribution in [0.5, 0.6) is 0 Å². The molecule has 3 rings (SSSR count). The van der Waals surface area contributed by atoms with Gasteiger partial charge >= 0.3 is 5.97 Å². The van der Waals surface area contributed by atoms with Gasteiger partial charge in [0.1, 0.15) is 12.6 Å². The lowest BCUT2D eigenvalue weighted by atomic mass is 10.1. The van der Waals surface area contributed by atoms with Crippen LogP contribution in [0.15, 0.2) is 24.3 Å². The molecule has 2 saturated heterocycles. The number of fused-ring (bicyclic) bond motifs is 1. The third kappa shape index (κ3) is 2.93. The van der Waals surface area contributed by atoms with Crippen molar-refractivity contribution in [2.45, 2.75) is 24.9 Å². The van der Waals surface area contributed by atoms with Crippen LogP contribution in [-0.2, 0) is 25.7 Å². The van der Waals surface area contributed by atoms with Crippen LogP contribution < -0.4 is 0 Å². The molecule has 0 spiro atoms. The quantitative estimate of drug-likeness (QED) is 0.764. The van der Waals surface area contributed by atoms with E-state index in [-0.39, 0.29) is 18.4 Å². The summed E-state index contributed by atoms with van der Waals surface area (Å²) in [6.45, 7) is 2.39. The Hall–Kier alpha value is -2.02. The van der Waals surface area contributed by atoms with Crippen molar-refractivity contribution >= 4 is 29.5 Å². The fraction of sp³-hybridized carbons (Fsp3) is 0.438. The molecule has 2 amide bonds. The number of nitrogens with zero attached hydrogens (tertiary/aromatic N) is 2. The Balaban J connectivity index is 1.77. The van der Waals surface area contributed by atoms with Crippen molar-refractivity contribution in [3.63, 3.8) is 0 Å². The first-order valence-electron chi connectivity index (χ1n) is 7.36. The van der Waals surface area contributed by atoms with E-state index in [1.807, 2.05) is 31.2 Å². The standard InChI is InChI=1S/C16H18N2O4S/c1-10-4-3-5-11(6-10)7-17-8-13(19)18-12(14(17)20)9-23-15(18)16(21)22-2/h3-6,12,15H,7-9H2,1-2H3/t12-,15+/m1/s1. The van der Waals surface area contributed by atoms with E-state index in [0.29, 0.717) is 12.3 Å². The molecule has 1 aromatic carbocycles. The minimum absolute atomic E-state index is 0.00265. The number of benzene rings is 1. The lowest BCUT2D eigenvalue weighted by Crippen LogP contribution is -2.60. The van der Waals surface area contributed by atoms with Crippen molar-refractivity contribution < 1.29 is 19.1 Å². The number of hydrogen-bond acceptors (Lipinski definition) is 5. The molecule has 23 heavy (non-hydrogen) atoms. The zero-order valence-electron chi connectivity index (χ0n) is 13.0. The van der Waals surface area contributed by atoms with Gasteiger partial charge < -0.3 is 14.5 Å². The molecule has 2 heterocycles. The highest BCUT2D eigenvalue weighted by Gasteiger charge is 2.50. The number of esters is 1. The van der Waals surface area contributed by atoms with Gasteiger partial charge in [-0.2, -0.15) is 0 Å². The minimum atomic E-state index is -0.706. The molecule has 2 aliphatic heterocycles. The van der Waals surface area contributed by atoms with E-state index < -0.39 is 17.4 Å². The molecule has 2 aliphatic rings. The summed E-state index contributed by atoms with van der Waals surface area (Å²) < 4.78 is 4.72. The van der Waals surface area contributed by atoms with Crippen molar-refractivity contribution in [1.82, 2.24) is 9.80 Å². The molecule has 0 N–H and O–H groups in total. The maximum absolute atomic E-state index is 12.7. The van der Waals surface area contributed by atoms with Gasteiger partial charge in [-0.25, -0.2) is 4.79 Å². The average molecular weight is 334 g/mol. The van der Waals surface area contributed by atoms with Crippen LogP contribution in [0, 0.1) is 6.92 Å². The fourth-order valence-corrected chi connectivity index (χ4v) is 4.31. The van der Waals surface area contributed by atoms with Crippen molar-refractivity contribution in [2.24, 2.45) is 0 Å². The van der Waals surface area contributed by atoms with Crippen LogP contribution >= 0.6 is 11.8 Å². The number of carbonyl (C=O) groups excluding carboxylic acids is 3. The van der Waals surface area contributed by atoms with Crippen LogP contribution in [0.1, 0.15) is 11.1 Å². The second-order valence-corrected chi connectivity index (χ2v) is 6.82. The highest BCUT2D eigenvalue weighted by atomic mass is 32.2. The van der Waals surface area contributed by atoms with Crippen molar-refractivity contribution in [3.05, 3.63) is 35.4 Å². The summed E-state index contributed by atoms with van der Waals surface area (Å²) >= 11 is 1.28. The third-order valence-electron chi connectivity index (χ3n) is 4.07. The summed E-state index contributed by atoms with van der Waals surface area (Å²) in [5, 5.41) is -0.706. The Morgan fingerprint density at radius 1 is 1.39 bits per heavy atom. The normalized spacial score (nSPS) is 23.9. The highest BCUT2D eigenvalue weighted by Crippen LogP contribution is 2.33. The minimum Gasteiger partial charge on any atom is -0.467 e. The van der Waals surface area contributed by atoms with Gasteiger partial charge in [0.15, 0.2) is 5.37 Å². The number of thioether (sulfide) groups is 1. The largest absolute Gasteiger partial charge is 0.467 e. The predicted octanol–water partition coefficient (Wildman–Crippen LogP) is 0.780. The molecule has 2 atom stereocenters.